The van der Waals surface area contributed by atoms with Crippen molar-refractivity contribution in [3.63, 3.8) is 0 Å². The highest BCUT2D eigenvalue weighted by atomic mass is 16.3. The molecule has 0 aliphatic heterocycles. The normalized spacial score (nSPS) is 10.5. The molecule has 78 valence electrons. The third-order valence-electron chi connectivity index (χ3n) is 2.37. The number of phenols is 1. The lowest BCUT2D eigenvalue weighted by Gasteiger charge is -2.01. The van der Waals surface area contributed by atoms with Crippen molar-refractivity contribution in [3.8, 4) is 5.75 Å². The number of nitrogen functional groups attached to an aromatic ring is 1. The molecule has 0 saturated heterocycles. The summed E-state index contributed by atoms with van der Waals surface area (Å²) in [6.45, 7) is 0. The number of aryl methyl sites for hydroxylation is 1. The van der Waals surface area contributed by atoms with Crippen molar-refractivity contribution in [2.24, 2.45) is 7.05 Å². The van der Waals surface area contributed by atoms with E-state index in [1.807, 2.05) is 12.1 Å². The molecule has 0 radical (unpaired) electrons. The van der Waals surface area contributed by atoms with E-state index in [9.17, 15) is 5.11 Å². The van der Waals surface area contributed by atoms with Gasteiger partial charge in [-0.1, -0.05) is 12.1 Å². The van der Waals surface area contributed by atoms with Crippen LogP contribution >= 0.6 is 0 Å². The monoisotopic (exact) mass is 203 g/mol. The summed E-state index contributed by atoms with van der Waals surface area (Å²) in [6.07, 6.45) is 2.44. The fourth-order valence-electron chi connectivity index (χ4n) is 1.52. The first-order valence-corrected chi connectivity index (χ1v) is 4.71. The Morgan fingerprint density at radius 1 is 1.47 bits per heavy atom. The van der Waals surface area contributed by atoms with E-state index < -0.39 is 0 Å². The molecule has 4 nitrogen and oxygen atoms in total. The lowest BCUT2D eigenvalue weighted by molar-refractivity contribution is 0.474. The molecule has 2 aromatic rings. The van der Waals surface area contributed by atoms with Gasteiger partial charge in [0.05, 0.1) is 6.20 Å². The van der Waals surface area contributed by atoms with E-state index in [-0.39, 0.29) is 5.75 Å². The van der Waals surface area contributed by atoms with Gasteiger partial charge in [-0.2, -0.15) is 5.10 Å². The molecule has 15 heavy (non-hydrogen) atoms. The second-order valence-corrected chi connectivity index (χ2v) is 3.53. The Hall–Kier alpha value is -1.97. The molecule has 2 rings (SSSR count). The molecule has 1 heterocycles. The van der Waals surface area contributed by atoms with Gasteiger partial charge in [-0.15, -0.1) is 0 Å². The van der Waals surface area contributed by atoms with Crippen LogP contribution in [-0.4, -0.2) is 14.9 Å². The van der Waals surface area contributed by atoms with Crippen LogP contribution in [0.2, 0.25) is 0 Å². The van der Waals surface area contributed by atoms with Gasteiger partial charge < -0.3 is 10.8 Å². The first-order valence-electron chi connectivity index (χ1n) is 4.71. The van der Waals surface area contributed by atoms with Gasteiger partial charge in [-0.05, 0) is 17.7 Å². The third kappa shape index (κ3) is 1.93. The molecule has 0 fully saturated rings. The summed E-state index contributed by atoms with van der Waals surface area (Å²) in [7, 11) is 1.81. The average molecular weight is 203 g/mol. The topological polar surface area (TPSA) is 64.1 Å². The van der Waals surface area contributed by atoms with E-state index in [1.165, 1.54) is 0 Å². The molecule has 0 atom stereocenters. The van der Waals surface area contributed by atoms with Crippen LogP contribution < -0.4 is 5.73 Å². The Labute approximate surface area is 88.0 Å². The molecule has 0 saturated carbocycles. The fraction of sp³-hybridized carbons (Fsp3) is 0.182. The lowest BCUT2D eigenvalue weighted by atomic mass is 10.1. The highest BCUT2D eigenvalue weighted by Gasteiger charge is 2.05. The third-order valence-corrected chi connectivity index (χ3v) is 2.37. The Morgan fingerprint density at radius 3 is 2.87 bits per heavy atom. The van der Waals surface area contributed by atoms with E-state index in [1.54, 1.807) is 30.1 Å². The second kappa shape index (κ2) is 3.65. The number of nitrogens with zero attached hydrogens (tertiary/aromatic N) is 2. The molecule has 0 spiro atoms. The van der Waals surface area contributed by atoms with Crippen LogP contribution in [0.5, 0.6) is 5.75 Å². The molecule has 1 aromatic heterocycles. The average Bonchev–Trinajstić information content (AvgIpc) is 2.50. The Morgan fingerprint density at radius 2 is 2.27 bits per heavy atom. The molecule has 1 aromatic carbocycles. The SMILES string of the molecule is Cn1ncc(Cc2cccc(O)c2)c1N. The van der Waals surface area contributed by atoms with Gasteiger partial charge in [0.15, 0.2) is 0 Å². The smallest absolute Gasteiger partial charge is 0.124 e. The van der Waals surface area contributed by atoms with Crippen LogP contribution in [0.15, 0.2) is 30.5 Å². The molecular formula is C11H13N3O. The van der Waals surface area contributed by atoms with E-state index in [2.05, 4.69) is 5.10 Å². The van der Waals surface area contributed by atoms with Crippen LogP contribution in [0.4, 0.5) is 5.82 Å². The largest absolute Gasteiger partial charge is 0.508 e. The van der Waals surface area contributed by atoms with Crippen molar-refractivity contribution in [2.75, 3.05) is 5.73 Å². The summed E-state index contributed by atoms with van der Waals surface area (Å²) in [6, 6.07) is 7.14. The Bertz CT molecular complexity index is 476. The van der Waals surface area contributed by atoms with Crippen molar-refractivity contribution in [1.29, 1.82) is 0 Å². The number of phenolic OH excluding ortho intramolecular Hbond substituents is 1. The van der Waals surface area contributed by atoms with Crippen LogP contribution in [0, 0.1) is 0 Å². The first-order chi connectivity index (χ1) is 7.16. The van der Waals surface area contributed by atoms with Crippen LogP contribution in [0.25, 0.3) is 0 Å². The van der Waals surface area contributed by atoms with Crippen LogP contribution in [0.3, 0.4) is 0 Å². The van der Waals surface area contributed by atoms with Gasteiger partial charge in [-0.3, -0.25) is 4.68 Å². The first kappa shape index (κ1) is 9.58. The molecule has 0 aliphatic carbocycles. The highest BCUT2D eigenvalue weighted by molar-refractivity contribution is 5.42. The number of hydrogen-bond donors (Lipinski definition) is 2. The minimum absolute atomic E-state index is 0.273. The van der Waals surface area contributed by atoms with Gasteiger partial charge in [0.2, 0.25) is 0 Å². The number of rotatable bonds is 2. The number of aromatic hydroxyl groups is 1. The summed E-state index contributed by atoms with van der Waals surface area (Å²) in [5.41, 5.74) is 7.82. The molecular weight excluding hydrogens is 190 g/mol. The number of aromatic nitrogens is 2. The maximum Gasteiger partial charge on any atom is 0.124 e. The zero-order valence-electron chi connectivity index (χ0n) is 8.51. The summed E-state index contributed by atoms with van der Waals surface area (Å²) >= 11 is 0. The number of anilines is 1. The molecule has 0 bridgehead atoms. The van der Waals surface area contributed by atoms with Gasteiger partial charge in [0, 0.05) is 19.0 Å². The van der Waals surface area contributed by atoms with Gasteiger partial charge in [0.1, 0.15) is 11.6 Å². The van der Waals surface area contributed by atoms with Gasteiger partial charge in [-0.25, -0.2) is 0 Å². The van der Waals surface area contributed by atoms with Gasteiger partial charge >= 0.3 is 0 Å². The zero-order chi connectivity index (χ0) is 10.8. The number of benzene rings is 1. The molecule has 3 N–H and O–H groups in total. The van der Waals surface area contributed by atoms with Crippen LogP contribution in [0.1, 0.15) is 11.1 Å². The van der Waals surface area contributed by atoms with Gasteiger partial charge in [0.25, 0.3) is 0 Å². The van der Waals surface area contributed by atoms with Crippen molar-refractivity contribution in [3.05, 3.63) is 41.6 Å². The summed E-state index contributed by atoms with van der Waals surface area (Å²) < 4.78 is 1.64. The van der Waals surface area contributed by atoms with Crippen molar-refractivity contribution in [2.45, 2.75) is 6.42 Å². The highest BCUT2D eigenvalue weighted by Crippen LogP contribution is 2.18. The summed E-state index contributed by atoms with van der Waals surface area (Å²) in [4.78, 5) is 0. The Balaban J connectivity index is 2.26. The van der Waals surface area contributed by atoms with Crippen LogP contribution in [-0.2, 0) is 13.5 Å². The minimum Gasteiger partial charge on any atom is -0.508 e. The lowest BCUT2D eigenvalue weighted by Crippen LogP contribution is -2.00. The van der Waals surface area contributed by atoms with E-state index in [4.69, 9.17) is 5.73 Å². The molecule has 0 unspecified atom stereocenters. The van der Waals surface area contributed by atoms with Crippen molar-refractivity contribution < 1.29 is 5.11 Å². The predicted octanol–water partition coefficient (Wildman–Crippen LogP) is 1.30. The fourth-order valence-corrected chi connectivity index (χ4v) is 1.52. The number of hydrogen-bond acceptors (Lipinski definition) is 3. The number of nitrogens with two attached hydrogens (primary N) is 1. The van der Waals surface area contributed by atoms with Crippen molar-refractivity contribution >= 4 is 5.82 Å². The summed E-state index contributed by atoms with van der Waals surface area (Å²) in [5, 5.41) is 13.4. The van der Waals surface area contributed by atoms with Crippen molar-refractivity contribution in [1.82, 2.24) is 9.78 Å². The standard InChI is InChI=1S/C11H13N3O/c1-14-11(12)9(7-13-14)5-8-3-2-4-10(15)6-8/h2-4,6-7,15H,5,12H2,1H3. The Kier molecular flexibility index (Phi) is 2.33. The molecule has 0 amide bonds. The zero-order valence-corrected chi connectivity index (χ0v) is 8.51. The molecule has 0 aliphatic rings. The van der Waals surface area contributed by atoms with E-state index in [0.29, 0.717) is 12.2 Å². The maximum absolute atomic E-state index is 9.31. The van der Waals surface area contributed by atoms with E-state index >= 15 is 0 Å². The predicted molar refractivity (Wildman–Crippen MR) is 58.5 cm³/mol. The van der Waals surface area contributed by atoms with E-state index in [0.717, 1.165) is 11.1 Å². The second-order valence-electron chi connectivity index (χ2n) is 3.53. The molecule has 4 heteroatoms. The maximum atomic E-state index is 9.31. The minimum atomic E-state index is 0.273. The summed E-state index contributed by atoms with van der Waals surface area (Å²) in [5.74, 6) is 0.938. The quantitative estimate of drug-likeness (QED) is 0.773.